The van der Waals surface area contributed by atoms with Gasteiger partial charge in [0.05, 0.1) is 0 Å². The highest BCUT2D eigenvalue weighted by Crippen LogP contribution is 2.23. The number of amides is 1. The van der Waals surface area contributed by atoms with Crippen molar-refractivity contribution in [2.24, 2.45) is 11.8 Å². The van der Waals surface area contributed by atoms with Crippen LogP contribution in [0, 0.1) is 11.8 Å². The molecule has 2 aliphatic heterocycles. The van der Waals surface area contributed by atoms with Crippen molar-refractivity contribution in [2.75, 3.05) is 32.7 Å². The molecule has 0 atom stereocenters. The predicted molar refractivity (Wildman–Crippen MR) is 103 cm³/mol. The zero-order valence-corrected chi connectivity index (χ0v) is 16.4. The summed E-state index contributed by atoms with van der Waals surface area (Å²) >= 11 is 0. The Morgan fingerprint density at radius 2 is 1.67 bits per heavy atom. The van der Waals surface area contributed by atoms with E-state index in [9.17, 15) is 4.79 Å². The van der Waals surface area contributed by atoms with Crippen molar-refractivity contribution in [3.63, 3.8) is 0 Å². The van der Waals surface area contributed by atoms with E-state index >= 15 is 0 Å². The maximum atomic E-state index is 12.5. The molecule has 24 heavy (non-hydrogen) atoms. The van der Waals surface area contributed by atoms with Gasteiger partial charge in [0.25, 0.3) is 0 Å². The van der Waals surface area contributed by atoms with Crippen LogP contribution < -0.4 is 5.32 Å². The summed E-state index contributed by atoms with van der Waals surface area (Å²) in [4.78, 5) is 17.2. The molecule has 0 aromatic carbocycles. The Bertz CT molecular complexity index is 373. The summed E-state index contributed by atoms with van der Waals surface area (Å²) in [5.41, 5.74) is 0. The van der Waals surface area contributed by atoms with Crippen molar-refractivity contribution in [3.8, 4) is 0 Å². The molecular weight excluding hydrogens is 298 g/mol. The van der Waals surface area contributed by atoms with E-state index in [1.54, 1.807) is 0 Å². The summed E-state index contributed by atoms with van der Waals surface area (Å²) in [6.45, 7) is 14.5. The minimum Gasteiger partial charge on any atom is -0.343 e. The van der Waals surface area contributed by atoms with Crippen LogP contribution in [-0.4, -0.2) is 60.5 Å². The summed E-state index contributed by atoms with van der Waals surface area (Å²) in [7, 11) is 0. The van der Waals surface area contributed by atoms with Crippen LogP contribution in [0.3, 0.4) is 0 Å². The second kappa shape index (κ2) is 9.76. The Hall–Kier alpha value is -0.610. The molecule has 0 unspecified atom stereocenters. The molecule has 1 amide bonds. The monoisotopic (exact) mass is 339 g/mol. The van der Waals surface area contributed by atoms with Gasteiger partial charge in [0.1, 0.15) is 0 Å². The zero-order chi connectivity index (χ0) is 17.5. The first kappa shape index (κ1) is 19.7. The van der Waals surface area contributed by atoms with Gasteiger partial charge in [-0.15, -0.1) is 0 Å². The molecule has 0 aromatic heterocycles. The van der Waals surface area contributed by atoms with Crippen LogP contribution in [0.25, 0.3) is 0 Å². The molecule has 4 heteroatoms. The van der Waals surface area contributed by atoms with E-state index in [1.165, 1.54) is 32.5 Å². The van der Waals surface area contributed by atoms with E-state index in [-0.39, 0.29) is 1.43 Å². The number of hydrogen-bond acceptors (Lipinski definition) is 3. The van der Waals surface area contributed by atoms with Gasteiger partial charge in [0.15, 0.2) is 0 Å². The van der Waals surface area contributed by atoms with Gasteiger partial charge in [0.2, 0.25) is 5.91 Å². The van der Waals surface area contributed by atoms with E-state index in [0.717, 1.165) is 50.6 Å². The molecule has 0 bridgehead atoms. The molecule has 2 rings (SSSR count). The standard InChI is InChI=1S/C20H39N3O.H2/c1-16(2)15-22-11-7-18(8-12-22)5-6-20(24)23-13-9-19(10-14-23)21-17(3)4;/h16-19,21H,5-15H2,1-4H3;1H. The van der Waals surface area contributed by atoms with Gasteiger partial charge in [-0.1, -0.05) is 27.7 Å². The van der Waals surface area contributed by atoms with Crippen molar-refractivity contribution in [3.05, 3.63) is 0 Å². The van der Waals surface area contributed by atoms with Crippen LogP contribution in [0.2, 0.25) is 0 Å². The van der Waals surface area contributed by atoms with Crippen molar-refractivity contribution in [1.29, 1.82) is 0 Å². The molecule has 2 aliphatic rings. The summed E-state index contributed by atoms with van der Waals surface area (Å²) in [5, 5.41) is 3.60. The lowest BCUT2D eigenvalue weighted by molar-refractivity contribution is -0.132. The Balaban J connectivity index is 0.00000312. The number of carbonyl (C=O) groups excluding carboxylic acids is 1. The van der Waals surface area contributed by atoms with Gasteiger partial charge in [-0.3, -0.25) is 4.79 Å². The van der Waals surface area contributed by atoms with Crippen molar-refractivity contribution in [2.45, 2.75) is 78.3 Å². The minimum absolute atomic E-state index is 0. The Morgan fingerprint density at radius 1 is 1.04 bits per heavy atom. The van der Waals surface area contributed by atoms with Gasteiger partial charge in [-0.05, 0) is 57.0 Å². The molecule has 2 fully saturated rings. The van der Waals surface area contributed by atoms with Crippen molar-refractivity contribution < 1.29 is 6.22 Å². The van der Waals surface area contributed by atoms with Gasteiger partial charge in [0, 0.05) is 39.6 Å². The van der Waals surface area contributed by atoms with Crippen molar-refractivity contribution in [1.82, 2.24) is 15.1 Å². The fourth-order valence-corrected chi connectivity index (χ4v) is 4.23. The summed E-state index contributed by atoms with van der Waals surface area (Å²) < 4.78 is 0. The third-order valence-electron chi connectivity index (χ3n) is 5.51. The second-order valence-corrected chi connectivity index (χ2v) is 8.65. The lowest BCUT2D eigenvalue weighted by Gasteiger charge is -2.35. The summed E-state index contributed by atoms with van der Waals surface area (Å²) in [5.74, 6) is 1.91. The number of hydrogen-bond donors (Lipinski definition) is 1. The smallest absolute Gasteiger partial charge is 0.222 e. The summed E-state index contributed by atoms with van der Waals surface area (Å²) in [6.07, 6.45) is 6.63. The van der Waals surface area contributed by atoms with Crippen LogP contribution >= 0.6 is 0 Å². The topological polar surface area (TPSA) is 35.6 Å². The lowest BCUT2D eigenvalue weighted by atomic mass is 9.91. The summed E-state index contributed by atoms with van der Waals surface area (Å²) in [6, 6.07) is 1.14. The molecule has 0 aromatic rings. The third kappa shape index (κ3) is 6.72. The number of nitrogens with zero attached hydrogens (tertiary/aromatic N) is 2. The highest BCUT2D eigenvalue weighted by Gasteiger charge is 2.25. The van der Waals surface area contributed by atoms with E-state index < -0.39 is 0 Å². The first-order valence-corrected chi connectivity index (χ1v) is 10.2. The average molecular weight is 340 g/mol. The molecule has 142 valence electrons. The molecular formula is C20H41N3O. The molecule has 0 saturated carbocycles. The van der Waals surface area contributed by atoms with Crippen molar-refractivity contribution >= 4 is 5.91 Å². The average Bonchev–Trinajstić information content (AvgIpc) is 2.53. The fourth-order valence-electron chi connectivity index (χ4n) is 4.23. The number of rotatable bonds is 7. The predicted octanol–water partition coefficient (Wildman–Crippen LogP) is 3.37. The highest BCUT2D eigenvalue weighted by atomic mass is 16.2. The number of likely N-dealkylation sites (tertiary alicyclic amines) is 2. The number of piperidine rings is 2. The van der Waals surface area contributed by atoms with Gasteiger partial charge >= 0.3 is 0 Å². The minimum atomic E-state index is 0. The molecule has 0 aliphatic carbocycles. The van der Waals surface area contributed by atoms with E-state index in [2.05, 4.69) is 42.8 Å². The van der Waals surface area contributed by atoms with E-state index in [0.29, 0.717) is 18.0 Å². The van der Waals surface area contributed by atoms with Crippen LogP contribution in [-0.2, 0) is 4.79 Å². The molecule has 0 spiro atoms. The van der Waals surface area contributed by atoms with Gasteiger partial charge in [-0.25, -0.2) is 0 Å². The SMILES string of the molecule is CC(C)CN1CCC(CCC(=O)N2CCC(NC(C)C)CC2)CC1.[HH]. The quantitative estimate of drug-likeness (QED) is 0.772. The molecule has 4 nitrogen and oxygen atoms in total. The van der Waals surface area contributed by atoms with E-state index in [4.69, 9.17) is 0 Å². The number of carbonyl (C=O) groups is 1. The van der Waals surface area contributed by atoms with Crippen LogP contribution in [0.4, 0.5) is 0 Å². The maximum absolute atomic E-state index is 12.5. The first-order valence-electron chi connectivity index (χ1n) is 10.2. The molecule has 1 N–H and O–H groups in total. The van der Waals surface area contributed by atoms with Gasteiger partial charge in [-0.2, -0.15) is 0 Å². The number of nitrogens with one attached hydrogen (secondary N) is 1. The van der Waals surface area contributed by atoms with Crippen LogP contribution in [0.15, 0.2) is 0 Å². The Kier molecular flexibility index (Phi) is 8.02. The largest absolute Gasteiger partial charge is 0.343 e. The van der Waals surface area contributed by atoms with Crippen LogP contribution in [0.1, 0.15) is 67.6 Å². The van der Waals surface area contributed by atoms with Gasteiger partial charge < -0.3 is 15.1 Å². The molecule has 2 saturated heterocycles. The fraction of sp³-hybridized carbons (Fsp3) is 0.950. The lowest BCUT2D eigenvalue weighted by Crippen LogP contribution is -2.46. The molecule has 2 heterocycles. The maximum Gasteiger partial charge on any atom is 0.222 e. The van der Waals surface area contributed by atoms with Crippen LogP contribution in [0.5, 0.6) is 0 Å². The first-order chi connectivity index (χ1) is 11.4. The Labute approximate surface area is 150 Å². The van der Waals surface area contributed by atoms with E-state index in [1.807, 2.05) is 0 Å². The zero-order valence-electron chi connectivity index (χ0n) is 16.4. The normalized spacial score (nSPS) is 21.8. The third-order valence-corrected chi connectivity index (χ3v) is 5.51. The molecule has 0 radical (unpaired) electrons. The Morgan fingerprint density at radius 3 is 2.21 bits per heavy atom. The second-order valence-electron chi connectivity index (χ2n) is 8.65. The highest BCUT2D eigenvalue weighted by molar-refractivity contribution is 5.76.